The van der Waals surface area contributed by atoms with Crippen molar-refractivity contribution in [2.45, 2.75) is 57.0 Å². The van der Waals surface area contributed by atoms with Crippen molar-refractivity contribution in [2.24, 2.45) is 11.7 Å². The van der Waals surface area contributed by atoms with Gasteiger partial charge in [0.1, 0.15) is 0 Å². The molecule has 24 heavy (non-hydrogen) atoms. The molecule has 3 atom stereocenters. The van der Waals surface area contributed by atoms with Crippen molar-refractivity contribution >= 4 is 30.7 Å². The van der Waals surface area contributed by atoms with E-state index in [-0.39, 0.29) is 30.9 Å². The van der Waals surface area contributed by atoms with Crippen LogP contribution in [0.4, 0.5) is 0 Å². The minimum absolute atomic E-state index is 0. The van der Waals surface area contributed by atoms with Crippen LogP contribution in [-0.2, 0) is 9.53 Å². The molecule has 0 spiro atoms. The summed E-state index contributed by atoms with van der Waals surface area (Å²) >= 11 is 0. The second-order valence-corrected chi connectivity index (χ2v) is 7.21. The zero-order valence-corrected chi connectivity index (χ0v) is 16.2. The van der Waals surface area contributed by atoms with Crippen LogP contribution in [0.15, 0.2) is 0 Å². The summed E-state index contributed by atoms with van der Waals surface area (Å²) in [6, 6.07) is 0.642. The van der Waals surface area contributed by atoms with Gasteiger partial charge >= 0.3 is 0 Å². The molecule has 1 saturated carbocycles. The van der Waals surface area contributed by atoms with Gasteiger partial charge in [-0.2, -0.15) is 0 Å². The molecule has 1 aliphatic carbocycles. The number of nitrogens with two attached hydrogens (primary N) is 1. The Bertz CT molecular complexity index is 381. The van der Waals surface area contributed by atoms with E-state index in [4.69, 9.17) is 10.5 Å². The highest BCUT2D eigenvalue weighted by molar-refractivity contribution is 5.85. The molecule has 0 aromatic rings. The molecule has 1 unspecified atom stereocenters. The first-order valence-electron chi connectivity index (χ1n) is 9.09. The van der Waals surface area contributed by atoms with E-state index in [0.29, 0.717) is 24.3 Å². The van der Waals surface area contributed by atoms with Gasteiger partial charge < -0.3 is 15.4 Å². The van der Waals surface area contributed by atoms with E-state index in [1.807, 2.05) is 0 Å². The molecule has 3 fully saturated rings. The van der Waals surface area contributed by atoms with Crippen LogP contribution in [0.2, 0.25) is 0 Å². The normalized spacial score (nSPS) is 31.2. The number of halogens is 2. The van der Waals surface area contributed by atoms with Crippen molar-refractivity contribution in [3.63, 3.8) is 0 Å². The number of piperidine rings is 1. The van der Waals surface area contributed by atoms with Gasteiger partial charge in [0, 0.05) is 44.7 Å². The number of rotatable bonds is 4. The molecule has 0 bridgehead atoms. The Morgan fingerprint density at radius 1 is 1.00 bits per heavy atom. The monoisotopic (exact) mass is 381 g/mol. The molecular weight excluding hydrogens is 349 g/mol. The second kappa shape index (κ2) is 10.8. The first kappa shape index (κ1) is 22.0. The third-order valence-electron chi connectivity index (χ3n) is 5.67. The van der Waals surface area contributed by atoms with E-state index in [1.54, 1.807) is 0 Å². The Morgan fingerprint density at radius 2 is 1.75 bits per heavy atom. The Kier molecular flexibility index (Phi) is 9.90. The van der Waals surface area contributed by atoms with Gasteiger partial charge in [-0.25, -0.2) is 0 Å². The molecule has 2 heterocycles. The number of ether oxygens (including phenoxy) is 1. The molecule has 2 aliphatic heterocycles. The van der Waals surface area contributed by atoms with Gasteiger partial charge in [-0.3, -0.25) is 9.69 Å². The quantitative estimate of drug-likeness (QED) is 0.809. The molecule has 2 N–H and O–H groups in total. The van der Waals surface area contributed by atoms with Crippen molar-refractivity contribution < 1.29 is 9.53 Å². The molecule has 0 radical (unpaired) electrons. The van der Waals surface area contributed by atoms with Crippen LogP contribution >= 0.6 is 24.8 Å². The maximum Gasteiger partial charge on any atom is 0.223 e. The molecule has 1 amide bonds. The van der Waals surface area contributed by atoms with Gasteiger partial charge in [-0.15, -0.1) is 24.8 Å². The molecule has 2 saturated heterocycles. The molecule has 142 valence electrons. The van der Waals surface area contributed by atoms with E-state index < -0.39 is 0 Å². The smallest absolute Gasteiger partial charge is 0.223 e. The van der Waals surface area contributed by atoms with Crippen LogP contribution in [0.3, 0.4) is 0 Å². The number of morpholine rings is 1. The summed E-state index contributed by atoms with van der Waals surface area (Å²) in [6.45, 7) is 5.63. The Balaban J connectivity index is 0.00000144. The third-order valence-corrected chi connectivity index (χ3v) is 5.67. The number of nitrogens with zero attached hydrogens (tertiary/aromatic N) is 2. The fourth-order valence-electron chi connectivity index (χ4n) is 4.26. The lowest BCUT2D eigenvalue weighted by Crippen LogP contribution is -2.51. The molecule has 3 aliphatic rings. The molecule has 0 aromatic carbocycles. The lowest BCUT2D eigenvalue weighted by molar-refractivity contribution is -0.136. The van der Waals surface area contributed by atoms with E-state index in [9.17, 15) is 4.79 Å². The standard InChI is InChI=1S/C17H31N3O2.2ClH/c18-16-6-3-4-14(16)12-17(21)20-7-2-1-5-15(20)13-19-8-10-22-11-9-19;;/h14-16H,1-13,18H2;2*1H/t14-,15?,16+;;/m0../s1. The van der Waals surface area contributed by atoms with Crippen LogP contribution in [0, 0.1) is 5.92 Å². The minimum Gasteiger partial charge on any atom is -0.379 e. The van der Waals surface area contributed by atoms with E-state index in [1.165, 1.54) is 12.8 Å². The van der Waals surface area contributed by atoms with Crippen LogP contribution in [0.1, 0.15) is 44.9 Å². The van der Waals surface area contributed by atoms with Gasteiger partial charge in [0.2, 0.25) is 5.91 Å². The first-order chi connectivity index (χ1) is 10.7. The number of hydrogen-bond acceptors (Lipinski definition) is 4. The van der Waals surface area contributed by atoms with Crippen LogP contribution in [0.5, 0.6) is 0 Å². The number of likely N-dealkylation sites (tertiary alicyclic amines) is 1. The number of carbonyl (C=O) groups is 1. The Labute approximate surface area is 158 Å². The van der Waals surface area contributed by atoms with Crippen molar-refractivity contribution in [2.75, 3.05) is 39.4 Å². The van der Waals surface area contributed by atoms with Crippen molar-refractivity contribution in [1.29, 1.82) is 0 Å². The van der Waals surface area contributed by atoms with Gasteiger partial charge in [0.05, 0.1) is 13.2 Å². The number of hydrogen-bond donors (Lipinski definition) is 1. The van der Waals surface area contributed by atoms with Crippen LogP contribution in [0.25, 0.3) is 0 Å². The summed E-state index contributed by atoms with van der Waals surface area (Å²) in [6.07, 6.45) is 7.64. The summed E-state index contributed by atoms with van der Waals surface area (Å²) < 4.78 is 5.43. The summed E-state index contributed by atoms with van der Waals surface area (Å²) in [5.74, 6) is 0.763. The van der Waals surface area contributed by atoms with Crippen LogP contribution in [-0.4, -0.2) is 67.2 Å². The van der Waals surface area contributed by atoms with Crippen LogP contribution < -0.4 is 5.73 Å². The Morgan fingerprint density at radius 3 is 2.42 bits per heavy atom. The fraction of sp³-hybridized carbons (Fsp3) is 0.941. The van der Waals surface area contributed by atoms with Gasteiger partial charge in [0.25, 0.3) is 0 Å². The summed E-state index contributed by atoms with van der Waals surface area (Å²) in [4.78, 5) is 17.4. The summed E-state index contributed by atoms with van der Waals surface area (Å²) in [7, 11) is 0. The predicted molar refractivity (Wildman–Crippen MR) is 101 cm³/mol. The zero-order valence-electron chi connectivity index (χ0n) is 14.5. The van der Waals surface area contributed by atoms with Gasteiger partial charge in [0.15, 0.2) is 0 Å². The average Bonchev–Trinajstić information content (AvgIpc) is 2.94. The SMILES string of the molecule is Cl.Cl.N[C@@H]1CCC[C@H]1CC(=O)N1CCCCC1CN1CCOCC1. The average molecular weight is 382 g/mol. The molecule has 3 rings (SSSR count). The minimum atomic E-state index is 0. The van der Waals surface area contributed by atoms with Crippen molar-refractivity contribution in [3.05, 3.63) is 0 Å². The van der Waals surface area contributed by atoms with Crippen molar-refractivity contribution in [1.82, 2.24) is 9.80 Å². The number of amides is 1. The summed E-state index contributed by atoms with van der Waals surface area (Å²) in [5, 5.41) is 0. The van der Waals surface area contributed by atoms with Gasteiger partial charge in [-0.05, 0) is 38.0 Å². The topological polar surface area (TPSA) is 58.8 Å². The van der Waals surface area contributed by atoms with E-state index in [0.717, 1.165) is 65.1 Å². The highest BCUT2D eigenvalue weighted by atomic mass is 35.5. The molecule has 5 nitrogen and oxygen atoms in total. The highest BCUT2D eigenvalue weighted by Crippen LogP contribution is 2.29. The fourth-order valence-corrected chi connectivity index (χ4v) is 4.26. The van der Waals surface area contributed by atoms with E-state index in [2.05, 4.69) is 9.80 Å². The number of carbonyl (C=O) groups excluding carboxylic acids is 1. The summed E-state index contributed by atoms with van der Waals surface area (Å²) in [5.41, 5.74) is 6.15. The molecule has 0 aromatic heterocycles. The maximum atomic E-state index is 12.8. The predicted octanol–water partition coefficient (Wildman–Crippen LogP) is 2.06. The molecule has 7 heteroatoms. The largest absolute Gasteiger partial charge is 0.379 e. The maximum absolute atomic E-state index is 12.8. The van der Waals surface area contributed by atoms with Crippen molar-refractivity contribution in [3.8, 4) is 0 Å². The van der Waals surface area contributed by atoms with E-state index >= 15 is 0 Å². The Hall–Kier alpha value is -0.0700. The third kappa shape index (κ3) is 5.73. The first-order valence-corrected chi connectivity index (χ1v) is 9.09. The molecular formula is C17H33Cl2N3O2. The van der Waals surface area contributed by atoms with Gasteiger partial charge in [-0.1, -0.05) is 6.42 Å². The lowest BCUT2D eigenvalue weighted by Gasteiger charge is -2.40. The highest BCUT2D eigenvalue weighted by Gasteiger charge is 2.32. The lowest BCUT2D eigenvalue weighted by atomic mass is 9.96. The zero-order chi connectivity index (χ0) is 15.4. The second-order valence-electron chi connectivity index (χ2n) is 7.21.